The molecule has 0 aromatic carbocycles. The van der Waals surface area contributed by atoms with Crippen molar-refractivity contribution in [3.63, 3.8) is 0 Å². The third-order valence-electron chi connectivity index (χ3n) is 19.8. The normalized spacial score (nSPS) is 15.2. The lowest BCUT2D eigenvalue weighted by atomic mass is 10.2. The zero-order chi connectivity index (χ0) is 103. The number of nitrogens with two attached hydrogens (primary N) is 2. The predicted molar refractivity (Wildman–Crippen MR) is 510 cm³/mol. The monoisotopic (exact) mass is 2040 g/mol. The smallest absolute Gasteiger partial charge is 0.410 e. The van der Waals surface area contributed by atoms with Crippen LogP contribution in [-0.2, 0) is 28.4 Å². The summed E-state index contributed by atoms with van der Waals surface area (Å²) in [6.45, 7) is 35.4. The number of hydrogen-bond donors (Lipinski definition) is 6. The lowest BCUT2D eigenvalue weighted by Crippen LogP contribution is -2.42. The quantitative estimate of drug-likeness (QED) is 0.0407. The minimum absolute atomic E-state index is 0.00282. The fourth-order valence-corrected chi connectivity index (χ4v) is 13.3. The lowest BCUT2D eigenvalue weighted by Gasteiger charge is -2.28. The molecule has 15 rings (SSSR count). The maximum Gasteiger partial charge on any atom is 0.410 e. The Labute approximate surface area is 822 Å². The van der Waals surface area contributed by atoms with Gasteiger partial charge in [-0.3, -0.25) is 9.59 Å². The van der Waals surface area contributed by atoms with Gasteiger partial charge in [-0.1, -0.05) is 0 Å². The van der Waals surface area contributed by atoms with Gasteiger partial charge < -0.3 is 104 Å². The van der Waals surface area contributed by atoms with Crippen LogP contribution in [0.25, 0.3) is 11.3 Å². The lowest BCUT2D eigenvalue weighted by molar-refractivity contribution is 0.0227. The largest absolute Gasteiger partial charge is 0.476 e. The average Bonchev–Trinajstić information content (AvgIpc) is 1.61. The first-order valence-electron chi connectivity index (χ1n) is 44.0. The number of nitrogen functional groups attached to an aromatic ring is 2. The number of nitrogens with zero attached hydrogens (tertiary/aromatic N) is 34. The van der Waals surface area contributed by atoms with Gasteiger partial charge in [0.2, 0.25) is 41.0 Å². The molecule has 55 nitrogen and oxygen atoms in total. The maximum atomic E-state index is 12.6. The number of likely N-dealkylation sites (N-methyl/N-ethyl adjacent to an activating group) is 4. The van der Waals surface area contributed by atoms with Crippen molar-refractivity contribution in [1.29, 1.82) is 0 Å². The van der Waals surface area contributed by atoms with Gasteiger partial charge in [-0.15, -0.1) is 71.4 Å². The van der Waals surface area contributed by atoms with Gasteiger partial charge in [-0.25, -0.2) is 88.4 Å². The van der Waals surface area contributed by atoms with Crippen molar-refractivity contribution in [3.8, 4) is 0 Å². The summed E-state index contributed by atoms with van der Waals surface area (Å²) in [6, 6.07) is 0.376. The Bertz CT molecular complexity index is 5970. The number of halogens is 2. The number of anilines is 8. The van der Waals surface area contributed by atoms with Gasteiger partial charge in [-0.2, -0.15) is 0 Å². The summed E-state index contributed by atoms with van der Waals surface area (Å²) >= 11 is 8.41. The molecular weight excluding hydrogens is 1930 g/mol. The number of fused-ring (bicyclic) bond motifs is 2. The van der Waals surface area contributed by atoms with E-state index in [1.54, 1.807) is 69.0 Å². The molecular formula is C84H113BrClN39O16. The van der Waals surface area contributed by atoms with Crippen LogP contribution in [0, 0.1) is 27.7 Å². The molecule has 0 bridgehead atoms. The molecule has 0 radical (unpaired) electrons. The van der Waals surface area contributed by atoms with Gasteiger partial charge in [-0.05, 0) is 171 Å². The molecule has 754 valence electrons. The van der Waals surface area contributed by atoms with Gasteiger partial charge in [0.25, 0.3) is 11.8 Å². The Kier molecular flexibility index (Phi) is 38.8. The number of ether oxygens (including phenoxy) is 6. The molecule has 4 fully saturated rings. The highest BCUT2D eigenvalue weighted by Gasteiger charge is 2.37. The van der Waals surface area contributed by atoms with Gasteiger partial charge in [0, 0.05) is 91.9 Å². The number of carboxylic acid groups (broad SMARTS) is 1. The number of carbonyl (C=O) groups excluding carboxylic acids is 8. The van der Waals surface area contributed by atoms with Crippen molar-refractivity contribution in [2.24, 2.45) is 0 Å². The highest BCUT2D eigenvalue weighted by Crippen LogP contribution is 2.27. The number of hydrogen-bond acceptors (Lipinski definition) is 47. The van der Waals surface area contributed by atoms with E-state index >= 15 is 0 Å². The SMILES string of the molecule is CCOC(=O)c1cnc(Cl)nn1.CCOC(=O)c1cnc(N)nn1.CCOC(=O)c1cnc(N2CC[C@@H](N(C)C(=O)OC(C)(C)C)C2)nn1.CN(C(=O)OC(C)(C)C)[C@@H]1CCN(c2ncc(C(=O)O)nn2)C1.CN[C@@H]1CCN(c2ncc(C(=O)Nc3cn4cc(C)nc4c(C)n3)nn2)C1.Cc1cn2cc(NC(=O)c3cnc(N4CC[C@@H](N(C)C(=O)OC(C)(C)C)C4)nn3)nc(C)c2n1.Nc1ncc(Br)nn1. The van der Waals surface area contributed by atoms with E-state index in [2.05, 4.69) is 172 Å². The zero-order valence-corrected chi connectivity index (χ0v) is 83.8. The summed E-state index contributed by atoms with van der Waals surface area (Å²) in [6.07, 6.45) is 18.7. The van der Waals surface area contributed by atoms with E-state index in [0.717, 1.165) is 67.1 Å². The molecule has 15 heterocycles. The number of nitrogens with one attached hydrogen (secondary N) is 3. The Morgan fingerprint density at radius 3 is 1.04 bits per heavy atom. The average molecular weight is 2040 g/mol. The fourth-order valence-electron chi connectivity index (χ4n) is 13.0. The summed E-state index contributed by atoms with van der Waals surface area (Å²) in [5.41, 5.74) is 13.6. The molecule has 57 heteroatoms. The highest BCUT2D eigenvalue weighted by atomic mass is 79.9. The summed E-state index contributed by atoms with van der Waals surface area (Å²) < 4.78 is 34.6. The second-order valence-electron chi connectivity index (χ2n) is 34.2. The number of aromatic nitrogens is 27. The van der Waals surface area contributed by atoms with Crippen LogP contribution in [0.3, 0.4) is 0 Å². The molecule has 0 aliphatic carbocycles. The molecule has 4 saturated heterocycles. The first kappa shape index (κ1) is 109. The molecule has 0 spiro atoms. The van der Waals surface area contributed by atoms with E-state index in [4.69, 9.17) is 47.1 Å². The molecule has 11 aromatic heterocycles. The minimum atomic E-state index is -1.17. The predicted octanol–water partition coefficient (Wildman–Crippen LogP) is 5.87. The molecule has 8 N–H and O–H groups in total. The summed E-state index contributed by atoms with van der Waals surface area (Å²) in [4.78, 5) is 164. The van der Waals surface area contributed by atoms with E-state index in [1.165, 1.54) is 43.4 Å². The van der Waals surface area contributed by atoms with E-state index in [9.17, 15) is 43.2 Å². The summed E-state index contributed by atoms with van der Waals surface area (Å²) in [5, 5.41) is 69.9. The Balaban J connectivity index is 0.000000191. The van der Waals surface area contributed by atoms with Crippen LogP contribution in [0.1, 0.15) is 194 Å². The van der Waals surface area contributed by atoms with Crippen LogP contribution in [0.5, 0.6) is 0 Å². The Morgan fingerprint density at radius 1 is 0.426 bits per heavy atom. The van der Waals surface area contributed by atoms with Crippen molar-refractivity contribution in [1.82, 2.24) is 155 Å². The minimum Gasteiger partial charge on any atom is -0.476 e. The van der Waals surface area contributed by atoms with E-state index < -0.39 is 52.5 Å². The standard InChI is InChI=1S/C22H29N9O3.C17H21N9O.C16H25N5O4.C14H21N5O4.C6H6ClN3O2.C6H8N4O2.C3H3BrN4/c1-13-10-31-12-17(25-14(2)18(31)24-13)26-19(32)16-9-23-20(28-27-16)30-8-7-15(11-30)29(6)21(33)34-22(3,4)5;1-10-7-26-9-14(21-11(2)15(26)20-10)22-16(27)13-6-19-17(24-23-13)25-5-4-12(8-25)18-3;1-6-24-13(22)12-9-17-14(19-18-12)21-8-7-11(10-21)20(5)15(23)25-16(2,3)4;1-14(2,3)23-13(22)18(4)9-5-6-19(8-9)12-15-7-10(11(20)21)16-17-12;2*1-2-12-5(11)4-3-8-6(7)10-9-4;4-2-1-6-3(5)8-7-2/h9-10,12,15H,7-8,11H2,1-6H3,(H,26,32);6-7,9,12,18H,4-5,8H2,1-3H3,(H,22,27);9,11H,6-8,10H2,1-5H3;7,9H,5-6,8H2,1-4H3,(H,20,21);3H,2H2,1H3;3H,2H2,1H3,(H2,7,8,10);1H,(H2,5,6,8)/t15-;12-;11-;9-;;;/m1111.../s1. The molecule has 4 atom stereocenters. The number of aromatic carboxylic acids is 1. The maximum absolute atomic E-state index is 12.6. The number of imidazole rings is 2. The molecule has 4 aliphatic heterocycles. The van der Waals surface area contributed by atoms with Crippen molar-refractivity contribution in [2.45, 2.75) is 177 Å². The van der Waals surface area contributed by atoms with Crippen molar-refractivity contribution in [2.75, 3.05) is 142 Å². The van der Waals surface area contributed by atoms with Crippen molar-refractivity contribution < 1.29 is 76.7 Å². The molecule has 0 unspecified atom stereocenters. The van der Waals surface area contributed by atoms with Crippen LogP contribution in [0.2, 0.25) is 5.28 Å². The van der Waals surface area contributed by atoms with Crippen LogP contribution in [0.4, 0.5) is 61.7 Å². The highest BCUT2D eigenvalue weighted by molar-refractivity contribution is 9.10. The first-order chi connectivity index (χ1) is 66.7. The van der Waals surface area contributed by atoms with Crippen LogP contribution < -0.4 is 47.0 Å². The summed E-state index contributed by atoms with van der Waals surface area (Å²) in [5.74, 6) is -0.924. The number of carbonyl (C=O) groups is 9. The molecule has 5 amide bonds. The van der Waals surface area contributed by atoms with Crippen LogP contribution >= 0.6 is 27.5 Å². The van der Waals surface area contributed by atoms with Crippen molar-refractivity contribution in [3.05, 3.63) is 135 Å². The third-order valence-corrected chi connectivity index (χ3v) is 20.4. The van der Waals surface area contributed by atoms with Gasteiger partial charge in [0.1, 0.15) is 33.0 Å². The molecule has 0 saturated carbocycles. The molecule has 4 aliphatic rings. The summed E-state index contributed by atoms with van der Waals surface area (Å²) in [7, 11) is 7.10. The van der Waals surface area contributed by atoms with E-state index in [1.807, 2.05) is 133 Å². The number of rotatable bonds is 19. The number of amides is 5. The Hall–Kier alpha value is -15.5. The van der Waals surface area contributed by atoms with Crippen LogP contribution in [-0.4, -0.2) is 350 Å². The first-order valence-corrected chi connectivity index (χ1v) is 45.1. The molecule has 141 heavy (non-hydrogen) atoms. The topological polar surface area (TPSA) is 671 Å². The van der Waals surface area contributed by atoms with Crippen molar-refractivity contribution >= 4 is 140 Å². The second-order valence-corrected chi connectivity index (χ2v) is 35.4. The van der Waals surface area contributed by atoms with Gasteiger partial charge in [0.15, 0.2) is 45.5 Å². The van der Waals surface area contributed by atoms with Gasteiger partial charge >= 0.3 is 42.2 Å². The third kappa shape index (κ3) is 33.4. The number of carboxylic acids is 1. The van der Waals surface area contributed by atoms with Gasteiger partial charge in [0.05, 0.1) is 116 Å². The Morgan fingerprint density at radius 2 is 0.745 bits per heavy atom. The van der Waals surface area contributed by atoms with Crippen LogP contribution in [0.15, 0.2) is 72.8 Å². The van der Waals surface area contributed by atoms with E-state index in [0.29, 0.717) is 104 Å². The second kappa shape index (κ2) is 50.2. The zero-order valence-electron chi connectivity index (χ0n) is 81.5. The number of esters is 3. The van der Waals surface area contributed by atoms with E-state index in [-0.39, 0.29) is 94.4 Å². The number of aryl methyl sites for hydroxylation is 4. The fraction of sp³-hybridized carbons (Fsp3) is 0.500. The molecule has 11 aromatic rings.